The summed E-state index contributed by atoms with van der Waals surface area (Å²) in [7, 11) is 0. The quantitative estimate of drug-likeness (QED) is 0.850. The van der Waals surface area contributed by atoms with E-state index in [4.69, 9.17) is 4.98 Å². The number of anilines is 1. The minimum Gasteiger partial charge on any atom is -0.341 e. The van der Waals surface area contributed by atoms with Crippen molar-refractivity contribution in [1.82, 2.24) is 19.8 Å². The van der Waals surface area contributed by atoms with E-state index in [0.717, 1.165) is 31.6 Å². The van der Waals surface area contributed by atoms with Crippen LogP contribution in [0.1, 0.15) is 38.3 Å². The van der Waals surface area contributed by atoms with Crippen molar-refractivity contribution in [2.45, 2.75) is 51.2 Å². The van der Waals surface area contributed by atoms with Gasteiger partial charge in [0.25, 0.3) is 0 Å². The Bertz CT molecular complexity index is 514. The van der Waals surface area contributed by atoms with Crippen LogP contribution in [0.2, 0.25) is 0 Å². The highest BCUT2D eigenvalue weighted by atomic mass is 15.3. The first-order chi connectivity index (χ1) is 10.8. The molecule has 5 heteroatoms. The first-order valence-corrected chi connectivity index (χ1v) is 8.84. The summed E-state index contributed by atoms with van der Waals surface area (Å²) in [4.78, 5) is 16.9. The van der Waals surface area contributed by atoms with Gasteiger partial charge in [0.2, 0.25) is 5.95 Å². The molecule has 1 aromatic rings. The summed E-state index contributed by atoms with van der Waals surface area (Å²) in [5, 5.41) is 0. The number of hydrogen-bond donors (Lipinski definition) is 0. The number of hydrogen-bond acceptors (Lipinski definition) is 5. The van der Waals surface area contributed by atoms with Gasteiger partial charge >= 0.3 is 0 Å². The van der Waals surface area contributed by atoms with Gasteiger partial charge in [-0.3, -0.25) is 9.80 Å². The van der Waals surface area contributed by atoms with E-state index in [9.17, 15) is 0 Å². The molecule has 2 atom stereocenters. The molecule has 0 N–H and O–H groups in total. The van der Waals surface area contributed by atoms with Crippen LogP contribution in [0.15, 0.2) is 12.3 Å². The number of aromatic nitrogens is 2. The van der Waals surface area contributed by atoms with Gasteiger partial charge in [0.1, 0.15) is 0 Å². The molecule has 4 rings (SSSR count). The molecule has 1 unspecified atom stereocenters. The Labute approximate surface area is 133 Å². The number of nitrogens with zero attached hydrogens (tertiary/aromatic N) is 5. The highest BCUT2D eigenvalue weighted by molar-refractivity contribution is 5.31. The predicted molar refractivity (Wildman–Crippen MR) is 87.9 cm³/mol. The van der Waals surface area contributed by atoms with Crippen LogP contribution >= 0.6 is 0 Å². The van der Waals surface area contributed by atoms with E-state index in [1.807, 2.05) is 6.20 Å². The van der Waals surface area contributed by atoms with Crippen LogP contribution in [0.25, 0.3) is 0 Å². The summed E-state index contributed by atoms with van der Waals surface area (Å²) >= 11 is 0. The summed E-state index contributed by atoms with van der Waals surface area (Å²) in [6, 6.07) is 3.49. The van der Waals surface area contributed by atoms with E-state index >= 15 is 0 Å². The third-order valence-electron chi connectivity index (χ3n) is 5.52. The van der Waals surface area contributed by atoms with Crippen LogP contribution in [0, 0.1) is 0 Å². The van der Waals surface area contributed by atoms with Crippen molar-refractivity contribution in [3.8, 4) is 0 Å². The lowest BCUT2D eigenvalue weighted by Gasteiger charge is -2.42. The third kappa shape index (κ3) is 2.84. The fourth-order valence-electron chi connectivity index (χ4n) is 4.22. The van der Waals surface area contributed by atoms with E-state index in [-0.39, 0.29) is 0 Å². The molecule has 5 nitrogen and oxygen atoms in total. The molecule has 3 aliphatic rings. The van der Waals surface area contributed by atoms with Crippen molar-refractivity contribution in [3.05, 3.63) is 18.0 Å². The topological polar surface area (TPSA) is 35.5 Å². The zero-order valence-corrected chi connectivity index (χ0v) is 13.6. The monoisotopic (exact) mass is 301 g/mol. The van der Waals surface area contributed by atoms with Gasteiger partial charge in [0.05, 0.1) is 5.69 Å². The fraction of sp³-hybridized carbons (Fsp3) is 0.765. The lowest BCUT2D eigenvalue weighted by atomic mass is 10.1. The fourth-order valence-corrected chi connectivity index (χ4v) is 4.22. The standard InChI is InChI=1S/C17H27N5/c1-14-11-21-10-4-5-16(21)13-22(14)12-15-6-7-18-17(19-15)20-8-2-3-9-20/h6-7,14,16H,2-5,8-13H2,1H3/t14-,16?/m0/s1. The van der Waals surface area contributed by atoms with Crippen LogP contribution in [0.5, 0.6) is 0 Å². The smallest absolute Gasteiger partial charge is 0.225 e. The average molecular weight is 301 g/mol. The summed E-state index contributed by atoms with van der Waals surface area (Å²) in [5.74, 6) is 0.933. The van der Waals surface area contributed by atoms with Crippen LogP contribution in [-0.2, 0) is 6.54 Å². The molecule has 0 bridgehead atoms. The van der Waals surface area contributed by atoms with Gasteiger partial charge in [0.15, 0.2) is 0 Å². The second kappa shape index (κ2) is 6.13. The minimum atomic E-state index is 0.625. The molecule has 3 fully saturated rings. The van der Waals surface area contributed by atoms with Gasteiger partial charge < -0.3 is 4.90 Å². The Morgan fingerprint density at radius 2 is 2.00 bits per heavy atom. The van der Waals surface area contributed by atoms with E-state index in [1.54, 1.807) is 0 Å². The SMILES string of the molecule is C[C@H]1CN2CCCC2CN1Cc1ccnc(N2CCCC2)n1. The lowest BCUT2D eigenvalue weighted by Crippen LogP contribution is -2.54. The summed E-state index contributed by atoms with van der Waals surface area (Å²) in [6.45, 7) is 9.27. The van der Waals surface area contributed by atoms with E-state index < -0.39 is 0 Å². The molecule has 4 heterocycles. The first-order valence-electron chi connectivity index (χ1n) is 8.84. The summed E-state index contributed by atoms with van der Waals surface area (Å²) in [6.07, 6.45) is 7.22. The van der Waals surface area contributed by atoms with Crippen molar-refractivity contribution >= 4 is 5.95 Å². The van der Waals surface area contributed by atoms with Gasteiger partial charge in [-0.25, -0.2) is 9.97 Å². The number of fused-ring (bicyclic) bond motifs is 1. The Kier molecular flexibility index (Phi) is 4.01. The molecule has 3 aliphatic heterocycles. The van der Waals surface area contributed by atoms with Crippen molar-refractivity contribution in [2.75, 3.05) is 37.6 Å². The van der Waals surface area contributed by atoms with Gasteiger partial charge in [-0.1, -0.05) is 0 Å². The number of rotatable bonds is 3. The van der Waals surface area contributed by atoms with Crippen molar-refractivity contribution in [2.24, 2.45) is 0 Å². The average Bonchev–Trinajstić information content (AvgIpc) is 3.19. The molecule has 1 aromatic heterocycles. The molecule has 3 saturated heterocycles. The molecule has 0 spiro atoms. The van der Waals surface area contributed by atoms with E-state index in [2.05, 4.69) is 32.7 Å². The second-order valence-electron chi connectivity index (χ2n) is 7.11. The lowest BCUT2D eigenvalue weighted by molar-refractivity contribution is 0.0532. The molecule has 0 aliphatic carbocycles. The summed E-state index contributed by atoms with van der Waals surface area (Å²) < 4.78 is 0. The highest BCUT2D eigenvalue weighted by Gasteiger charge is 2.34. The maximum absolute atomic E-state index is 4.83. The van der Waals surface area contributed by atoms with Gasteiger partial charge in [0, 0.05) is 51.0 Å². The number of piperazine rings is 1. The minimum absolute atomic E-state index is 0.625. The summed E-state index contributed by atoms with van der Waals surface area (Å²) in [5.41, 5.74) is 1.18. The van der Waals surface area contributed by atoms with E-state index in [1.165, 1.54) is 51.0 Å². The molecule has 0 radical (unpaired) electrons. The Morgan fingerprint density at radius 1 is 1.14 bits per heavy atom. The zero-order chi connectivity index (χ0) is 14.9. The van der Waals surface area contributed by atoms with Gasteiger partial charge in [-0.15, -0.1) is 0 Å². The third-order valence-corrected chi connectivity index (χ3v) is 5.52. The maximum atomic E-state index is 4.83. The largest absolute Gasteiger partial charge is 0.341 e. The maximum Gasteiger partial charge on any atom is 0.225 e. The normalized spacial score (nSPS) is 30.0. The van der Waals surface area contributed by atoms with Crippen LogP contribution in [-0.4, -0.2) is 64.6 Å². The zero-order valence-electron chi connectivity index (χ0n) is 13.6. The Morgan fingerprint density at radius 3 is 2.86 bits per heavy atom. The molecule has 120 valence electrons. The van der Waals surface area contributed by atoms with Crippen molar-refractivity contribution < 1.29 is 0 Å². The predicted octanol–water partition coefficient (Wildman–Crippen LogP) is 1.75. The van der Waals surface area contributed by atoms with Crippen LogP contribution < -0.4 is 4.90 Å². The van der Waals surface area contributed by atoms with Crippen LogP contribution in [0.4, 0.5) is 5.95 Å². The van der Waals surface area contributed by atoms with E-state index in [0.29, 0.717) is 6.04 Å². The molecular formula is C17H27N5. The Hall–Kier alpha value is -1.20. The molecular weight excluding hydrogens is 274 g/mol. The molecule has 0 saturated carbocycles. The Balaban J connectivity index is 1.45. The van der Waals surface area contributed by atoms with Crippen LogP contribution in [0.3, 0.4) is 0 Å². The van der Waals surface area contributed by atoms with Crippen molar-refractivity contribution in [1.29, 1.82) is 0 Å². The molecule has 0 aromatic carbocycles. The van der Waals surface area contributed by atoms with Gasteiger partial charge in [-0.2, -0.15) is 0 Å². The van der Waals surface area contributed by atoms with Gasteiger partial charge in [-0.05, 0) is 45.2 Å². The molecule has 0 amide bonds. The first kappa shape index (κ1) is 14.4. The highest BCUT2D eigenvalue weighted by Crippen LogP contribution is 2.25. The molecule has 22 heavy (non-hydrogen) atoms. The van der Waals surface area contributed by atoms with Crippen molar-refractivity contribution in [3.63, 3.8) is 0 Å². The second-order valence-corrected chi connectivity index (χ2v) is 7.11.